The Hall–Kier alpha value is -1.33. The number of nitrogens with one attached hydrogen (secondary N) is 1. The maximum absolute atomic E-state index is 13.0. The zero-order chi connectivity index (χ0) is 16.2. The summed E-state index contributed by atoms with van der Waals surface area (Å²) in [5.74, 6) is 0.214. The van der Waals surface area contributed by atoms with Gasteiger partial charge in [-0.2, -0.15) is 9.57 Å². The van der Waals surface area contributed by atoms with Crippen molar-refractivity contribution in [1.82, 2.24) is 9.62 Å². The predicted molar refractivity (Wildman–Crippen MR) is 90.4 cm³/mol. The summed E-state index contributed by atoms with van der Waals surface area (Å²) in [6, 6.07) is 6.38. The number of nitriles is 1. The van der Waals surface area contributed by atoms with Gasteiger partial charge in [-0.05, 0) is 37.6 Å². The Labute approximate surface area is 143 Å². The summed E-state index contributed by atoms with van der Waals surface area (Å²) in [6.45, 7) is 3.92. The molecule has 23 heavy (non-hydrogen) atoms. The molecule has 1 aliphatic rings. The first-order chi connectivity index (χ1) is 10.5. The van der Waals surface area contributed by atoms with Gasteiger partial charge in [0.1, 0.15) is 10.6 Å². The van der Waals surface area contributed by atoms with Crippen LogP contribution < -0.4 is 10.1 Å². The first kappa shape index (κ1) is 19.7. The Morgan fingerprint density at radius 2 is 2.22 bits per heavy atom. The molecule has 2 rings (SSSR count). The third-order valence-electron chi connectivity index (χ3n) is 3.76. The van der Waals surface area contributed by atoms with Gasteiger partial charge in [-0.25, -0.2) is 8.42 Å². The Kier molecular flexibility index (Phi) is 7.29. The quantitative estimate of drug-likeness (QED) is 0.836. The lowest BCUT2D eigenvalue weighted by Gasteiger charge is -2.27. The molecule has 0 aromatic heterocycles. The van der Waals surface area contributed by atoms with E-state index in [0.717, 1.165) is 19.4 Å². The summed E-state index contributed by atoms with van der Waals surface area (Å²) >= 11 is 0. The van der Waals surface area contributed by atoms with E-state index in [1.54, 1.807) is 4.31 Å². The van der Waals surface area contributed by atoms with E-state index in [1.807, 2.05) is 13.0 Å². The molecule has 1 aromatic carbocycles. The van der Waals surface area contributed by atoms with E-state index in [4.69, 9.17) is 10.00 Å². The largest absolute Gasteiger partial charge is 0.495 e. The van der Waals surface area contributed by atoms with Crippen molar-refractivity contribution in [2.24, 2.45) is 0 Å². The van der Waals surface area contributed by atoms with Gasteiger partial charge in [-0.1, -0.05) is 6.92 Å². The topological polar surface area (TPSA) is 82.4 Å². The van der Waals surface area contributed by atoms with Crippen LogP contribution in [0.1, 0.15) is 25.3 Å². The molecule has 1 unspecified atom stereocenters. The van der Waals surface area contributed by atoms with Crippen molar-refractivity contribution in [3.63, 3.8) is 0 Å². The molecule has 8 heteroatoms. The molecular weight excluding hydrogens is 338 g/mol. The molecule has 0 spiro atoms. The first-order valence-electron chi connectivity index (χ1n) is 7.35. The second-order valence-electron chi connectivity index (χ2n) is 5.24. The number of hydrogen-bond acceptors (Lipinski definition) is 5. The van der Waals surface area contributed by atoms with Crippen LogP contribution in [0.3, 0.4) is 0 Å². The van der Waals surface area contributed by atoms with E-state index in [-0.39, 0.29) is 29.1 Å². The van der Waals surface area contributed by atoms with E-state index in [0.29, 0.717) is 18.7 Å². The monoisotopic (exact) mass is 359 g/mol. The van der Waals surface area contributed by atoms with E-state index in [1.165, 1.54) is 25.3 Å². The second-order valence-corrected chi connectivity index (χ2v) is 7.10. The minimum Gasteiger partial charge on any atom is -0.495 e. The third-order valence-corrected chi connectivity index (χ3v) is 5.76. The Bertz CT molecular complexity index is 667. The van der Waals surface area contributed by atoms with E-state index in [2.05, 4.69) is 5.32 Å². The van der Waals surface area contributed by atoms with Gasteiger partial charge in [0.05, 0.1) is 18.7 Å². The molecule has 0 aliphatic carbocycles. The average molecular weight is 360 g/mol. The van der Waals surface area contributed by atoms with Gasteiger partial charge in [0, 0.05) is 19.1 Å². The van der Waals surface area contributed by atoms with Crippen molar-refractivity contribution < 1.29 is 13.2 Å². The molecule has 1 aliphatic heterocycles. The fourth-order valence-corrected chi connectivity index (χ4v) is 4.57. The van der Waals surface area contributed by atoms with Crippen LogP contribution in [0.15, 0.2) is 23.1 Å². The van der Waals surface area contributed by atoms with E-state index < -0.39 is 10.0 Å². The number of rotatable bonds is 6. The highest BCUT2D eigenvalue weighted by Crippen LogP contribution is 2.30. The molecule has 6 nitrogen and oxygen atoms in total. The summed E-state index contributed by atoms with van der Waals surface area (Å²) in [5.41, 5.74) is 0.375. The van der Waals surface area contributed by atoms with Crippen LogP contribution in [-0.4, -0.2) is 45.5 Å². The van der Waals surface area contributed by atoms with Crippen LogP contribution in [0.4, 0.5) is 0 Å². The molecule has 0 amide bonds. The summed E-state index contributed by atoms with van der Waals surface area (Å²) in [7, 11) is -2.24. The van der Waals surface area contributed by atoms with Crippen molar-refractivity contribution in [1.29, 1.82) is 5.26 Å². The first-order valence-corrected chi connectivity index (χ1v) is 8.79. The molecule has 0 saturated carbocycles. The van der Waals surface area contributed by atoms with Crippen molar-refractivity contribution >= 4 is 22.4 Å². The van der Waals surface area contributed by atoms with E-state index >= 15 is 0 Å². The third kappa shape index (κ3) is 4.15. The number of ether oxygens (including phenoxy) is 1. The SMILES string of the molecule is CCCN(C1CCNC1)S(=O)(=O)c1ccc(C#N)cc1OC.Cl. The van der Waals surface area contributed by atoms with Crippen LogP contribution in [0.2, 0.25) is 0 Å². The van der Waals surface area contributed by atoms with Crippen molar-refractivity contribution in [2.75, 3.05) is 26.7 Å². The number of nitrogens with zero attached hydrogens (tertiary/aromatic N) is 2. The molecule has 1 fully saturated rings. The molecule has 0 bridgehead atoms. The molecular formula is C15H22ClN3O3S. The van der Waals surface area contributed by atoms with Gasteiger partial charge in [-0.3, -0.25) is 0 Å². The molecule has 1 N–H and O–H groups in total. The van der Waals surface area contributed by atoms with Gasteiger partial charge >= 0.3 is 0 Å². The molecule has 1 aromatic rings. The minimum absolute atomic E-state index is 0. The van der Waals surface area contributed by atoms with Crippen molar-refractivity contribution in [2.45, 2.75) is 30.7 Å². The summed E-state index contributed by atoms with van der Waals surface area (Å²) in [4.78, 5) is 0.120. The molecule has 1 atom stereocenters. The predicted octanol–water partition coefficient (Wildman–Crippen LogP) is 1.75. The minimum atomic E-state index is -3.66. The maximum Gasteiger partial charge on any atom is 0.247 e. The zero-order valence-corrected chi connectivity index (χ0v) is 14.9. The van der Waals surface area contributed by atoms with Crippen LogP contribution in [0, 0.1) is 11.3 Å². The van der Waals surface area contributed by atoms with Crippen molar-refractivity contribution in [3.8, 4) is 11.8 Å². The van der Waals surface area contributed by atoms with Gasteiger partial charge in [0.2, 0.25) is 10.0 Å². The van der Waals surface area contributed by atoms with Gasteiger partial charge < -0.3 is 10.1 Å². The lowest BCUT2D eigenvalue weighted by atomic mass is 10.2. The van der Waals surface area contributed by atoms with Gasteiger partial charge in [0.15, 0.2) is 0 Å². The van der Waals surface area contributed by atoms with Crippen LogP contribution in [0.25, 0.3) is 0 Å². The Morgan fingerprint density at radius 3 is 2.74 bits per heavy atom. The van der Waals surface area contributed by atoms with Crippen LogP contribution in [-0.2, 0) is 10.0 Å². The van der Waals surface area contributed by atoms with Gasteiger partial charge in [0.25, 0.3) is 0 Å². The van der Waals surface area contributed by atoms with Crippen LogP contribution >= 0.6 is 12.4 Å². The average Bonchev–Trinajstić information content (AvgIpc) is 3.05. The van der Waals surface area contributed by atoms with E-state index in [9.17, 15) is 8.42 Å². The standard InChI is InChI=1S/C15H21N3O3S.ClH/c1-3-8-18(13-6-7-17-11-13)22(19,20)15-5-4-12(10-16)9-14(15)21-2;/h4-5,9,13,17H,3,6-8,11H2,1-2H3;1H. The lowest BCUT2D eigenvalue weighted by Crippen LogP contribution is -2.42. The summed E-state index contributed by atoms with van der Waals surface area (Å²) in [6.07, 6.45) is 1.55. The van der Waals surface area contributed by atoms with Gasteiger partial charge in [-0.15, -0.1) is 12.4 Å². The lowest BCUT2D eigenvalue weighted by molar-refractivity contribution is 0.331. The molecule has 128 valence electrons. The highest BCUT2D eigenvalue weighted by molar-refractivity contribution is 7.89. The second kappa shape index (κ2) is 8.50. The fraction of sp³-hybridized carbons (Fsp3) is 0.533. The number of halogens is 1. The zero-order valence-electron chi connectivity index (χ0n) is 13.3. The highest BCUT2D eigenvalue weighted by atomic mass is 35.5. The normalized spacial score (nSPS) is 17.6. The fourth-order valence-electron chi connectivity index (χ4n) is 2.68. The Morgan fingerprint density at radius 1 is 1.48 bits per heavy atom. The summed E-state index contributed by atoms with van der Waals surface area (Å²) in [5, 5.41) is 12.1. The smallest absolute Gasteiger partial charge is 0.247 e. The molecule has 1 heterocycles. The maximum atomic E-state index is 13.0. The van der Waals surface area contributed by atoms with Crippen molar-refractivity contribution in [3.05, 3.63) is 23.8 Å². The number of sulfonamides is 1. The summed E-state index contributed by atoms with van der Waals surface area (Å²) < 4.78 is 32.8. The number of benzene rings is 1. The number of methoxy groups -OCH3 is 1. The highest BCUT2D eigenvalue weighted by Gasteiger charge is 2.34. The van der Waals surface area contributed by atoms with Crippen LogP contribution in [0.5, 0.6) is 5.75 Å². The number of hydrogen-bond donors (Lipinski definition) is 1. The molecule has 0 radical (unpaired) electrons. The Balaban J connectivity index is 0.00000264. The molecule has 1 saturated heterocycles.